The van der Waals surface area contributed by atoms with Crippen LogP contribution in [0.25, 0.3) is 0 Å². The number of aliphatic imine (C=N–C) groups is 1. The van der Waals surface area contributed by atoms with Gasteiger partial charge in [-0.05, 0) is 45.4 Å². The molecule has 1 unspecified atom stereocenters. The smallest absolute Gasteiger partial charge is 0.312 e. The zero-order valence-corrected chi connectivity index (χ0v) is 15.3. The van der Waals surface area contributed by atoms with Crippen LogP contribution in [0.15, 0.2) is 17.1 Å². The van der Waals surface area contributed by atoms with E-state index < -0.39 is 11.6 Å². The highest BCUT2D eigenvalue weighted by Gasteiger charge is 2.30. The van der Waals surface area contributed by atoms with Crippen LogP contribution >= 0.6 is 15.9 Å². The highest BCUT2D eigenvalue weighted by atomic mass is 79.9. The van der Waals surface area contributed by atoms with E-state index >= 15 is 0 Å². The number of rotatable bonds is 3. The number of nitrogens with two attached hydrogens (primary N) is 1. The van der Waals surface area contributed by atoms with Crippen LogP contribution in [0.4, 0.5) is 11.4 Å². The third kappa shape index (κ3) is 3.67. The topological polar surface area (TPSA) is 88.2 Å². The van der Waals surface area contributed by atoms with Crippen molar-refractivity contribution in [2.75, 3.05) is 12.5 Å². The summed E-state index contributed by atoms with van der Waals surface area (Å²) in [6, 6.07) is 3.57. The number of nitrogen functional groups attached to an aromatic ring is 1. The molecule has 1 heterocycles. The minimum absolute atomic E-state index is 0.0555. The molecule has 1 aliphatic rings. The van der Waals surface area contributed by atoms with Crippen molar-refractivity contribution in [2.45, 2.75) is 39.3 Å². The van der Waals surface area contributed by atoms with Gasteiger partial charge in [0.1, 0.15) is 5.84 Å². The number of aliphatic hydroxyl groups is 1. The first-order valence-corrected chi connectivity index (χ1v) is 8.42. The molecule has 6 nitrogen and oxygen atoms in total. The van der Waals surface area contributed by atoms with Crippen LogP contribution in [0.5, 0.6) is 0 Å². The number of fused-ring (bicyclic) bond motifs is 1. The number of aliphatic hydroxyl groups excluding tert-OH is 1. The number of hydrogen-bond acceptors (Lipinski definition) is 6. The van der Waals surface area contributed by atoms with Crippen molar-refractivity contribution in [2.24, 2.45) is 10.4 Å². The van der Waals surface area contributed by atoms with Gasteiger partial charge >= 0.3 is 5.97 Å². The maximum absolute atomic E-state index is 11.9. The molecule has 23 heavy (non-hydrogen) atoms. The summed E-state index contributed by atoms with van der Waals surface area (Å²) in [5.41, 5.74) is 8.15. The Bertz CT molecular complexity index is 653. The number of ether oxygens (including phenoxy) is 1. The first-order chi connectivity index (χ1) is 10.6. The summed E-state index contributed by atoms with van der Waals surface area (Å²) in [5.74, 6) is 0.236. The lowest BCUT2D eigenvalue weighted by Gasteiger charge is -2.34. The second-order valence-corrected chi connectivity index (χ2v) is 7.12. The molecule has 1 aromatic carbocycles. The first-order valence-electron chi connectivity index (χ1n) is 7.30. The molecule has 0 spiro atoms. The third-order valence-electron chi connectivity index (χ3n) is 3.65. The van der Waals surface area contributed by atoms with E-state index in [-0.39, 0.29) is 12.7 Å². The van der Waals surface area contributed by atoms with E-state index in [1.54, 1.807) is 38.7 Å². The fourth-order valence-corrected chi connectivity index (χ4v) is 2.67. The lowest BCUT2D eigenvalue weighted by atomic mass is 9.97. The van der Waals surface area contributed by atoms with Crippen LogP contribution in [-0.2, 0) is 14.9 Å². The summed E-state index contributed by atoms with van der Waals surface area (Å²) in [5, 5.41) is 11.2. The van der Waals surface area contributed by atoms with Gasteiger partial charge in [0, 0.05) is 16.6 Å². The molecule has 0 aliphatic carbocycles. The van der Waals surface area contributed by atoms with Crippen LogP contribution in [0.1, 0.15) is 45.0 Å². The van der Waals surface area contributed by atoms with Crippen molar-refractivity contribution in [3.63, 3.8) is 0 Å². The van der Waals surface area contributed by atoms with Gasteiger partial charge in [-0.2, -0.15) is 0 Å². The predicted molar refractivity (Wildman–Crippen MR) is 93.5 cm³/mol. The Morgan fingerprint density at radius 3 is 2.70 bits per heavy atom. The molecule has 0 saturated carbocycles. The SMILES string of the molecule is CC1=Nc2cc(N)c(CBr)cc2C(O)N1COC(=O)C(C)(C)C. The molecular weight excluding hydrogens is 362 g/mol. The van der Waals surface area contributed by atoms with E-state index in [1.807, 2.05) is 6.07 Å². The maximum atomic E-state index is 11.9. The van der Waals surface area contributed by atoms with E-state index in [9.17, 15) is 9.90 Å². The average Bonchev–Trinajstić information content (AvgIpc) is 2.45. The molecule has 1 aromatic rings. The van der Waals surface area contributed by atoms with Crippen LogP contribution in [-0.4, -0.2) is 28.5 Å². The van der Waals surface area contributed by atoms with E-state index in [1.165, 1.54) is 0 Å². The number of benzene rings is 1. The molecule has 7 heteroatoms. The minimum Gasteiger partial charge on any atom is -0.444 e. The lowest BCUT2D eigenvalue weighted by Crippen LogP contribution is -2.39. The average molecular weight is 384 g/mol. The quantitative estimate of drug-likeness (QED) is 0.475. The number of alkyl halides is 1. The number of halogens is 1. The van der Waals surface area contributed by atoms with Crippen molar-refractivity contribution in [3.05, 3.63) is 23.3 Å². The predicted octanol–water partition coefficient (Wildman–Crippen LogP) is 3.07. The summed E-state index contributed by atoms with van der Waals surface area (Å²) >= 11 is 3.37. The van der Waals surface area contributed by atoms with Gasteiger partial charge in [-0.3, -0.25) is 9.69 Å². The number of anilines is 1. The van der Waals surface area contributed by atoms with Crippen molar-refractivity contribution >= 4 is 39.1 Å². The Balaban J connectivity index is 2.25. The van der Waals surface area contributed by atoms with Crippen molar-refractivity contribution in [1.82, 2.24) is 4.90 Å². The van der Waals surface area contributed by atoms with E-state index in [0.29, 0.717) is 28.1 Å². The monoisotopic (exact) mass is 383 g/mol. The molecule has 126 valence electrons. The number of amidine groups is 1. The minimum atomic E-state index is -0.936. The number of esters is 1. The Hall–Kier alpha value is -1.60. The Labute approximate surface area is 144 Å². The Morgan fingerprint density at radius 1 is 1.48 bits per heavy atom. The summed E-state index contributed by atoms with van der Waals surface area (Å²) in [4.78, 5) is 17.9. The molecule has 0 radical (unpaired) electrons. The number of carbonyl (C=O) groups is 1. The van der Waals surface area contributed by atoms with E-state index in [2.05, 4.69) is 20.9 Å². The molecular formula is C16H22BrN3O3. The molecule has 0 bridgehead atoms. The molecule has 1 atom stereocenters. The summed E-state index contributed by atoms with van der Waals surface area (Å²) in [7, 11) is 0. The van der Waals surface area contributed by atoms with Gasteiger partial charge in [0.05, 0.1) is 11.1 Å². The second-order valence-electron chi connectivity index (χ2n) is 6.56. The molecule has 0 amide bonds. The number of nitrogens with zero attached hydrogens (tertiary/aromatic N) is 2. The molecule has 0 saturated heterocycles. The van der Waals surface area contributed by atoms with Crippen molar-refractivity contribution in [1.29, 1.82) is 0 Å². The highest BCUT2D eigenvalue weighted by molar-refractivity contribution is 9.08. The molecule has 3 N–H and O–H groups in total. The van der Waals surface area contributed by atoms with Gasteiger partial charge in [-0.1, -0.05) is 15.9 Å². The molecule has 0 aromatic heterocycles. The third-order valence-corrected chi connectivity index (χ3v) is 4.25. The van der Waals surface area contributed by atoms with Gasteiger partial charge in [0.2, 0.25) is 0 Å². The van der Waals surface area contributed by atoms with Crippen LogP contribution < -0.4 is 5.73 Å². The number of hydrogen-bond donors (Lipinski definition) is 2. The van der Waals surface area contributed by atoms with E-state index in [4.69, 9.17) is 10.5 Å². The zero-order valence-electron chi connectivity index (χ0n) is 13.8. The second kappa shape index (κ2) is 6.49. The van der Waals surface area contributed by atoms with Gasteiger partial charge < -0.3 is 15.6 Å². The van der Waals surface area contributed by atoms with Crippen LogP contribution in [0.3, 0.4) is 0 Å². The van der Waals surface area contributed by atoms with Gasteiger partial charge in [0.15, 0.2) is 13.0 Å². The summed E-state index contributed by atoms with van der Waals surface area (Å²) in [6.07, 6.45) is -0.936. The normalized spacial score (nSPS) is 17.6. The maximum Gasteiger partial charge on any atom is 0.312 e. The zero-order chi connectivity index (χ0) is 17.4. The van der Waals surface area contributed by atoms with Crippen molar-refractivity contribution < 1.29 is 14.6 Å². The summed E-state index contributed by atoms with van der Waals surface area (Å²) in [6.45, 7) is 7.04. The Kier molecular flexibility index (Phi) is 5.01. The van der Waals surface area contributed by atoms with Crippen LogP contribution in [0.2, 0.25) is 0 Å². The largest absolute Gasteiger partial charge is 0.444 e. The fourth-order valence-electron chi connectivity index (χ4n) is 2.18. The fraction of sp³-hybridized carbons (Fsp3) is 0.500. The molecule has 2 rings (SSSR count). The first kappa shape index (κ1) is 17.7. The van der Waals surface area contributed by atoms with Crippen LogP contribution in [0, 0.1) is 5.41 Å². The number of carbonyl (C=O) groups excluding carboxylic acids is 1. The van der Waals surface area contributed by atoms with Gasteiger partial charge in [0.25, 0.3) is 0 Å². The standard InChI is InChI=1S/C16H22BrN3O3/c1-9-19-13-6-12(18)10(7-17)5-11(13)14(21)20(9)8-23-15(22)16(2,3)4/h5-6,14,21H,7-8,18H2,1-4H3. The van der Waals surface area contributed by atoms with Gasteiger partial charge in [-0.15, -0.1) is 0 Å². The molecule has 0 fully saturated rings. The molecule has 1 aliphatic heterocycles. The summed E-state index contributed by atoms with van der Waals surface area (Å²) < 4.78 is 5.29. The Morgan fingerprint density at radius 2 is 2.13 bits per heavy atom. The van der Waals surface area contributed by atoms with Gasteiger partial charge in [-0.25, -0.2) is 4.99 Å². The van der Waals surface area contributed by atoms with Crippen molar-refractivity contribution in [3.8, 4) is 0 Å². The lowest BCUT2D eigenvalue weighted by molar-refractivity contribution is -0.159. The highest BCUT2D eigenvalue weighted by Crippen LogP contribution is 2.37. The van der Waals surface area contributed by atoms with E-state index in [0.717, 1.165) is 5.56 Å².